The highest BCUT2D eigenvalue weighted by molar-refractivity contribution is 6.04. The van der Waals surface area contributed by atoms with Crippen molar-refractivity contribution < 1.29 is 9.59 Å². The molecule has 0 fully saturated rings. The molecule has 0 saturated heterocycles. The fourth-order valence-corrected chi connectivity index (χ4v) is 3.24. The summed E-state index contributed by atoms with van der Waals surface area (Å²) in [5.74, 6) is 0.211. The van der Waals surface area contributed by atoms with E-state index in [1.54, 1.807) is 4.68 Å². The van der Waals surface area contributed by atoms with E-state index in [2.05, 4.69) is 15.7 Å². The van der Waals surface area contributed by atoms with Crippen molar-refractivity contribution in [3.8, 4) is 11.1 Å². The van der Waals surface area contributed by atoms with Gasteiger partial charge in [-0.3, -0.25) is 9.59 Å². The Morgan fingerprint density at radius 1 is 1.12 bits per heavy atom. The van der Waals surface area contributed by atoms with Crippen LogP contribution in [0.1, 0.15) is 18.2 Å². The molecule has 0 spiro atoms. The predicted octanol–water partition coefficient (Wildman–Crippen LogP) is 3.38. The Morgan fingerprint density at radius 3 is 2.46 bits per heavy atom. The molecule has 6 nitrogen and oxygen atoms in total. The number of para-hydroxylation sites is 1. The zero-order valence-electron chi connectivity index (χ0n) is 14.3. The van der Waals surface area contributed by atoms with Crippen LogP contribution < -0.4 is 10.6 Å². The third kappa shape index (κ3) is 2.86. The average Bonchev–Trinajstić information content (AvgIpc) is 3.11. The van der Waals surface area contributed by atoms with Gasteiger partial charge in [-0.2, -0.15) is 5.10 Å². The van der Waals surface area contributed by atoms with E-state index < -0.39 is 6.04 Å². The number of hydrogen-bond donors (Lipinski definition) is 2. The van der Waals surface area contributed by atoms with Gasteiger partial charge in [-0.1, -0.05) is 48.5 Å². The minimum absolute atomic E-state index is 0.0308. The molecule has 0 saturated carbocycles. The summed E-state index contributed by atoms with van der Waals surface area (Å²) < 4.78 is 1.63. The van der Waals surface area contributed by atoms with E-state index in [0.717, 1.165) is 16.8 Å². The van der Waals surface area contributed by atoms with Crippen LogP contribution in [0, 0.1) is 6.92 Å². The molecule has 3 aromatic rings. The number of fused-ring (bicyclic) bond motifs is 1. The van der Waals surface area contributed by atoms with Crippen LogP contribution in [0.2, 0.25) is 0 Å². The first kappa shape index (κ1) is 16.1. The second kappa shape index (κ2) is 6.48. The van der Waals surface area contributed by atoms with Gasteiger partial charge in [0.15, 0.2) is 0 Å². The van der Waals surface area contributed by atoms with E-state index in [0.29, 0.717) is 11.5 Å². The van der Waals surface area contributed by atoms with Gasteiger partial charge in [-0.25, -0.2) is 4.68 Å². The molecular formula is C20H18N4O2. The molecule has 1 aliphatic heterocycles. The van der Waals surface area contributed by atoms with Crippen molar-refractivity contribution in [1.82, 2.24) is 9.78 Å². The van der Waals surface area contributed by atoms with Crippen LogP contribution >= 0.6 is 0 Å². The molecule has 26 heavy (non-hydrogen) atoms. The standard InChI is InChI=1S/C20H18N4O2/c1-13-18(14-8-4-2-5-9-14)19-22-20(26)16(24(19)23-13)12-17(25)21-15-10-6-3-7-11-15/h2-11,16H,12H2,1H3,(H,21,25)(H,22,26)/t16-/m1/s1. The van der Waals surface area contributed by atoms with Crippen molar-refractivity contribution in [2.24, 2.45) is 0 Å². The summed E-state index contributed by atoms with van der Waals surface area (Å²) in [5.41, 5.74) is 3.41. The first-order valence-corrected chi connectivity index (χ1v) is 8.44. The smallest absolute Gasteiger partial charge is 0.251 e. The Bertz CT molecular complexity index is 964. The number of aryl methyl sites for hydroxylation is 1. The summed E-state index contributed by atoms with van der Waals surface area (Å²) in [6.07, 6.45) is 0.0308. The second-order valence-electron chi connectivity index (χ2n) is 6.24. The number of benzene rings is 2. The van der Waals surface area contributed by atoms with Crippen molar-refractivity contribution >= 4 is 23.3 Å². The number of nitrogens with zero attached hydrogens (tertiary/aromatic N) is 2. The maximum absolute atomic E-state index is 12.4. The van der Waals surface area contributed by atoms with Crippen molar-refractivity contribution in [3.63, 3.8) is 0 Å². The molecule has 1 aliphatic rings. The average molecular weight is 346 g/mol. The molecular weight excluding hydrogens is 328 g/mol. The third-order valence-corrected chi connectivity index (χ3v) is 4.42. The summed E-state index contributed by atoms with van der Waals surface area (Å²) in [4.78, 5) is 24.8. The molecule has 6 heteroatoms. The largest absolute Gasteiger partial charge is 0.326 e. The summed E-state index contributed by atoms with van der Waals surface area (Å²) in [6, 6.07) is 18.3. The molecule has 1 aromatic heterocycles. The number of carbonyl (C=O) groups excluding carboxylic acids is 2. The fourth-order valence-electron chi connectivity index (χ4n) is 3.24. The highest BCUT2D eigenvalue weighted by Crippen LogP contribution is 2.38. The van der Waals surface area contributed by atoms with Crippen molar-refractivity contribution in [3.05, 3.63) is 66.4 Å². The van der Waals surface area contributed by atoms with Crippen molar-refractivity contribution in [1.29, 1.82) is 0 Å². The van der Waals surface area contributed by atoms with E-state index in [1.165, 1.54) is 0 Å². The van der Waals surface area contributed by atoms with Gasteiger partial charge >= 0.3 is 0 Å². The molecule has 2 heterocycles. The predicted molar refractivity (Wildman–Crippen MR) is 99.8 cm³/mol. The maximum atomic E-state index is 12.4. The van der Waals surface area contributed by atoms with Gasteiger partial charge in [0.25, 0.3) is 5.91 Å². The van der Waals surface area contributed by atoms with E-state index in [9.17, 15) is 9.59 Å². The van der Waals surface area contributed by atoms with Crippen LogP contribution in [-0.4, -0.2) is 21.6 Å². The van der Waals surface area contributed by atoms with Gasteiger partial charge in [0, 0.05) is 11.3 Å². The highest BCUT2D eigenvalue weighted by atomic mass is 16.2. The molecule has 4 rings (SSSR count). The van der Waals surface area contributed by atoms with Gasteiger partial charge in [-0.05, 0) is 24.6 Å². The Morgan fingerprint density at radius 2 is 1.77 bits per heavy atom. The normalized spacial score (nSPS) is 15.4. The number of amides is 2. The maximum Gasteiger partial charge on any atom is 0.251 e. The lowest BCUT2D eigenvalue weighted by Crippen LogP contribution is -2.23. The molecule has 2 amide bonds. The lowest BCUT2D eigenvalue weighted by molar-refractivity contribution is -0.123. The summed E-state index contributed by atoms with van der Waals surface area (Å²) in [5, 5.41) is 10.2. The van der Waals surface area contributed by atoms with Crippen molar-refractivity contribution in [2.45, 2.75) is 19.4 Å². The Hall–Kier alpha value is -3.41. The third-order valence-electron chi connectivity index (χ3n) is 4.42. The fraction of sp³-hybridized carbons (Fsp3) is 0.150. The van der Waals surface area contributed by atoms with Gasteiger partial charge < -0.3 is 10.6 Å². The van der Waals surface area contributed by atoms with Crippen LogP contribution in [0.4, 0.5) is 11.5 Å². The first-order valence-electron chi connectivity index (χ1n) is 8.44. The Labute approximate surface area is 150 Å². The topological polar surface area (TPSA) is 76.0 Å². The zero-order valence-corrected chi connectivity index (χ0v) is 14.3. The van der Waals surface area contributed by atoms with Crippen molar-refractivity contribution in [2.75, 3.05) is 10.6 Å². The summed E-state index contributed by atoms with van der Waals surface area (Å²) in [6.45, 7) is 1.90. The SMILES string of the molecule is Cc1nn2c(c1-c1ccccc1)NC(=O)[C@H]2CC(=O)Nc1ccccc1. The van der Waals surface area contributed by atoms with Crippen LogP contribution in [-0.2, 0) is 9.59 Å². The first-order chi connectivity index (χ1) is 12.6. The lowest BCUT2D eigenvalue weighted by atomic mass is 10.1. The zero-order chi connectivity index (χ0) is 18.1. The molecule has 1 atom stereocenters. The number of nitrogens with one attached hydrogen (secondary N) is 2. The van der Waals surface area contributed by atoms with E-state index in [1.807, 2.05) is 67.6 Å². The molecule has 2 aromatic carbocycles. The number of rotatable bonds is 4. The van der Waals surface area contributed by atoms with Gasteiger partial charge in [0.1, 0.15) is 11.9 Å². The van der Waals surface area contributed by atoms with Crippen LogP contribution in [0.5, 0.6) is 0 Å². The van der Waals surface area contributed by atoms with E-state index in [4.69, 9.17) is 0 Å². The van der Waals surface area contributed by atoms with E-state index >= 15 is 0 Å². The summed E-state index contributed by atoms with van der Waals surface area (Å²) in [7, 11) is 0. The minimum Gasteiger partial charge on any atom is -0.326 e. The number of aromatic nitrogens is 2. The van der Waals surface area contributed by atoms with Crippen LogP contribution in [0.25, 0.3) is 11.1 Å². The molecule has 0 radical (unpaired) electrons. The molecule has 0 unspecified atom stereocenters. The lowest BCUT2D eigenvalue weighted by Gasteiger charge is -2.10. The Kier molecular flexibility index (Phi) is 4.01. The quantitative estimate of drug-likeness (QED) is 0.760. The number of hydrogen-bond acceptors (Lipinski definition) is 3. The van der Waals surface area contributed by atoms with Crippen LogP contribution in [0.3, 0.4) is 0 Å². The Balaban J connectivity index is 1.59. The van der Waals surface area contributed by atoms with Gasteiger partial charge in [0.05, 0.1) is 12.1 Å². The van der Waals surface area contributed by atoms with Gasteiger partial charge in [-0.15, -0.1) is 0 Å². The van der Waals surface area contributed by atoms with Gasteiger partial charge in [0.2, 0.25) is 5.91 Å². The van der Waals surface area contributed by atoms with Crippen LogP contribution in [0.15, 0.2) is 60.7 Å². The minimum atomic E-state index is -0.648. The van der Waals surface area contributed by atoms with E-state index in [-0.39, 0.29) is 18.2 Å². The molecule has 0 bridgehead atoms. The number of carbonyl (C=O) groups is 2. The monoisotopic (exact) mass is 346 g/mol. The molecule has 130 valence electrons. The second-order valence-corrected chi connectivity index (χ2v) is 6.24. The number of anilines is 2. The highest BCUT2D eigenvalue weighted by Gasteiger charge is 2.36. The molecule has 2 N–H and O–H groups in total. The summed E-state index contributed by atoms with van der Waals surface area (Å²) >= 11 is 0. The molecule has 0 aliphatic carbocycles.